The lowest BCUT2D eigenvalue weighted by atomic mass is 9.83. The van der Waals surface area contributed by atoms with Crippen molar-refractivity contribution in [3.05, 3.63) is 150 Å². The van der Waals surface area contributed by atoms with Crippen molar-refractivity contribution in [3.8, 4) is 16.9 Å². The second-order valence-electron chi connectivity index (χ2n) is 13.5. The van der Waals surface area contributed by atoms with Gasteiger partial charge >= 0.3 is 11.9 Å². The van der Waals surface area contributed by atoms with Gasteiger partial charge in [0.25, 0.3) is 0 Å². The standard InChI is InChI=1S/C42H41N3O5/c1-29(2)49-34-24-25-35(39(46)50-41(3,4)5)36(26-34)32-22-20-31(21-23-32)28-48-40(47)42(33-16-10-7-11-17-33,27-30-14-8-6-9-15-30)45-38-19-13-12-18-37(38)43-44-45/h6-26,29H,27-28H2,1-5H3. The van der Waals surface area contributed by atoms with Gasteiger partial charge in [-0.05, 0) is 92.8 Å². The van der Waals surface area contributed by atoms with Gasteiger partial charge in [-0.15, -0.1) is 5.10 Å². The van der Waals surface area contributed by atoms with Crippen molar-refractivity contribution >= 4 is 23.0 Å². The Balaban J connectivity index is 1.34. The van der Waals surface area contributed by atoms with Crippen molar-refractivity contribution in [1.82, 2.24) is 15.0 Å². The Morgan fingerprint density at radius 2 is 1.42 bits per heavy atom. The number of hydrogen-bond acceptors (Lipinski definition) is 7. The van der Waals surface area contributed by atoms with Gasteiger partial charge in [0, 0.05) is 6.42 Å². The van der Waals surface area contributed by atoms with E-state index in [4.69, 9.17) is 14.2 Å². The molecule has 0 saturated carbocycles. The summed E-state index contributed by atoms with van der Waals surface area (Å²) in [5.74, 6) is -0.229. The van der Waals surface area contributed by atoms with Crippen molar-refractivity contribution in [3.63, 3.8) is 0 Å². The summed E-state index contributed by atoms with van der Waals surface area (Å²) in [4.78, 5) is 27.9. The Morgan fingerprint density at radius 3 is 2.10 bits per heavy atom. The second kappa shape index (κ2) is 14.4. The quantitative estimate of drug-likeness (QED) is 0.128. The lowest BCUT2D eigenvalue weighted by molar-refractivity contribution is -0.154. The van der Waals surface area contributed by atoms with E-state index in [0.717, 1.165) is 27.8 Å². The summed E-state index contributed by atoms with van der Waals surface area (Å²) in [7, 11) is 0. The fraction of sp³-hybridized carbons (Fsp3) is 0.238. The van der Waals surface area contributed by atoms with Crippen molar-refractivity contribution in [2.45, 2.75) is 64.9 Å². The fourth-order valence-corrected chi connectivity index (χ4v) is 6.00. The number of rotatable bonds is 11. The molecule has 1 heterocycles. The van der Waals surface area contributed by atoms with Gasteiger partial charge < -0.3 is 14.2 Å². The zero-order valence-electron chi connectivity index (χ0n) is 29.0. The molecule has 8 nitrogen and oxygen atoms in total. The van der Waals surface area contributed by atoms with E-state index in [2.05, 4.69) is 10.3 Å². The van der Waals surface area contributed by atoms with Crippen molar-refractivity contribution in [2.75, 3.05) is 0 Å². The van der Waals surface area contributed by atoms with Gasteiger partial charge in [0.05, 0.1) is 17.2 Å². The zero-order chi connectivity index (χ0) is 35.3. The molecular weight excluding hydrogens is 626 g/mol. The number of esters is 2. The first-order valence-electron chi connectivity index (χ1n) is 16.7. The average molecular weight is 668 g/mol. The Bertz CT molecular complexity index is 2080. The minimum atomic E-state index is -1.35. The Morgan fingerprint density at radius 1 is 0.760 bits per heavy atom. The second-order valence-corrected chi connectivity index (χ2v) is 13.5. The molecule has 1 atom stereocenters. The lowest BCUT2D eigenvalue weighted by Crippen LogP contribution is -2.47. The number of nitrogens with zero attached hydrogens (tertiary/aromatic N) is 3. The molecule has 0 aliphatic rings. The first-order valence-corrected chi connectivity index (χ1v) is 16.7. The summed E-state index contributed by atoms with van der Waals surface area (Å²) in [6.45, 7) is 9.45. The van der Waals surface area contributed by atoms with Crippen LogP contribution in [0.1, 0.15) is 61.7 Å². The molecule has 1 unspecified atom stereocenters. The highest BCUT2D eigenvalue weighted by Gasteiger charge is 2.46. The minimum absolute atomic E-state index is 0.0184. The summed E-state index contributed by atoms with van der Waals surface area (Å²) in [6.07, 6.45) is 0.262. The van der Waals surface area contributed by atoms with Crippen LogP contribution in [0.2, 0.25) is 0 Å². The van der Waals surface area contributed by atoms with Crippen LogP contribution in [0.25, 0.3) is 22.2 Å². The predicted molar refractivity (Wildman–Crippen MR) is 194 cm³/mol. The number of carbonyl (C=O) groups excluding carboxylic acids is 2. The molecule has 254 valence electrons. The molecule has 6 aromatic rings. The van der Waals surface area contributed by atoms with Crippen molar-refractivity contribution in [2.24, 2.45) is 0 Å². The molecule has 0 bridgehead atoms. The van der Waals surface area contributed by atoms with Gasteiger partial charge in [0.1, 0.15) is 23.5 Å². The maximum Gasteiger partial charge on any atom is 0.339 e. The first-order chi connectivity index (χ1) is 24.0. The molecule has 0 spiro atoms. The smallest absolute Gasteiger partial charge is 0.339 e. The number of fused-ring (bicyclic) bond motifs is 1. The van der Waals surface area contributed by atoms with Crippen molar-refractivity contribution < 1.29 is 23.8 Å². The third kappa shape index (κ3) is 7.44. The third-order valence-electron chi connectivity index (χ3n) is 8.22. The zero-order valence-corrected chi connectivity index (χ0v) is 29.0. The van der Waals surface area contributed by atoms with Gasteiger partial charge in [0.15, 0.2) is 5.54 Å². The highest BCUT2D eigenvalue weighted by Crippen LogP contribution is 2.35. The monoisotopic (exact) mass is 667 g/mol. The van der Waals surface area contributed by atoms with Gasteiger partial charge in [0.2, 0.25) is 0 Å². The van der Waals surface area contributed by atoms with E-state index in [-0.39, 0.29) is 12.7 Å². The number of benzene rings is 5. The van der Waals surface area contributed by atoms with E-state index < -0.39 is 23.1 Å². The number of carbonyl (C=O) groups is 2. The molecule has 0 aliphatic carbocycles. The van der Waals surface area contributed by atoms with E-state index in [1.54, 1.807) is 16.8 Å². The third-order valence-corrected chi connectivity index (χ3v) is 8.22. The SMILES string of the molecule is CC(C)Oc1ccc(C(=O)OC(C)(C)C)c(-c2ccc(COC(=O)C(Cc3ccccc3)(c3ccccc3)n3nnc4ccccc43)cc2)c1. The summed E-state index contributed by atoms with van der Waals surface area (Å²) in [5, 5.41) is 8.96. The molecule has 50 heavy (non-hydrogen) atoms. The highest BCUT2D eigenvalue weighted by atomic mass is 16.6. The molecule has 0 aliphatic heterocycles. The summed E-state index contributed by atoms with van der Waals surface area (Å²) in [5.41, 5.74) is 3.78. The lowest BCUT2D eigenvalue weighted by Gasteiger charge is -2.33. The van der Waals surface area contributed by atoms with Crippen LogP contribution in [0.3, 0.4) is 0 Å². The molecule has 8 heteroatoms. The Kier molecular flexibility index (Phi) is 9.81. The summed E-state index contributed by atoms with van der Waals surface area (Å²) < 4.78 is 19.6. The Labute approximate surface area is 292 Å². The molecule has 1 aromatic heterocycles. The van der Waals surface area contributed by atoms with E-state index >= 15 is 0 Å². The van der Waals surface area contributed by atoms with Crippen LogP contribution in [0.5, 0.6) is 5.75 Å². The molecule has 0 radical (unpaired) electrons. The molecule has 0 saturated heterocycles. The first kappa shape index (κ1) is 34.1. The van der Waals surface area contributed by atoms with Gasteiger partial charge in [-0.3, -0.25) is 0 Å². The van der Waals surface area contributed by atoms with Crippen LogP contribution in [0.15, 0.2) is 127 Å². The minimum Gasteiger partial charge on any atom is -0.491 e. The maximum atomic E-state index is 14.7. The van der Waals surface area contributed by atoms with E-state index in [1.165, 1.54) is 0 Å². The van der Waals surface area contributed by atoms with E-state index in [1.807, 2.05) is 150 Å². The van der Waals surface area contributed by atoms with Crippen LogP contribution in [0.4, 0.5) is 0 Å². The van der Waals surface area contributed by atoms with Gasteiger partial charge in [-0.1, -0.05) is 102 Å². The number of hydrogen-bond donors (Lipinski definition) is 0. The average Bonchev–Trinajstić information content (AvgIpc) is 3.54. The van der Waals surface area contributed by atoms with Gasteiger partial charge in [-0.25, -0.2) is 14.3 Å². The highest BCUT2D eigenvalue weighted by molar-refractivity contribution is 5.98. The number of aromatic nitrogens is 3. The normalized spacial score (nSPS) is 12.8. The molecule has 6 rings (SSSR count). The molecule has 0 amide bonds. The van der Waals surface area contributed by atoms with Crippen LogP contribution in [-0.4, -0.2) is 38.6 Å². The van der Waals surface area contributed by atoms with E-state index in [0.29, 0.717) is 28.8 Å². The van der Waals surface area contributed by atoms with Crippen LogP contribution >= 0.6 is 0 Å². The topological polar surface area (TPSA) is 92.5 Å². The van der Waals surface area contributed by atoms with Crippen LogP contribution in [-0.2, 0) is 32.8 Å². The molecular formula is C42H41N3O5. The molecule has 0 fully saturated rings. The molecule has 0 N–H and O–H groups in total. The van der Waals surface area contributed by atoms with Gasteiger partial charge in [-0.2, -0.15) is 0 Å². The van der Waals surface area contributed by atoms with Crippen LogP contribution < -0.4 is 4.74 Å². The Hall–Kier alpha value is -5.76. The summed E-state index contributed by atoms with van der Waals surface area (Å²) >= 11 is 0. The number of ether oxygens (including phenoxy) is 3. The van der Waals surface area contributed by atoms with E-state index in [9.17, 15) is 9.59 Å². The number of para-hydroxylation sites is 1. The van der Waals surface area contributed by atoms with Crippen LogP contribution in [0, 0.1) is 0 Å². The largest absolute Gasteiger partial charge is 0.491 e. The predicted octanol–water partition coefficient (Wildman–Crippen LogP) is 8.57. The fourth-order valence-electron chi connectivity index (χ4n) is 6.00. The summed E-state index contributed by atoms with van der Waals surface area (Å²) in [6, 6.07) is 40.0. The maximum absolute atomic E-state index is 14.7. The molecule has 5 aromatic carbocycles. The van der Waals surface area contributed by atoms with Crippen molar-refractivity contribution in [1.29, 1.82) is 0 Å².